The Bertz CT molecular complexity index is 483. The number of likely N-dealkylation sites (tertiary alicyclic amines) is 1. The van der Waals surface area contributed by atoms with Gasteiger partial charge >= 0.3 is 0 Å². The Labute approximate surface area is 125 Å². The van der Waals surface area contributed by atoms with E-state index in [9.17, 15) is 9.90 Å². The molecule has 0 bridgehead atoms. The maximum atomic E-state index is 11.3. The van der Waals surface area contributed by atoms with E-state index in [0.29, 0.717) is 23.6 Å². The minimum atomic E-state index is -0.528. The normalized spacial score (nSPS) is 16.7. The highest BCUT2D eigenvalue weighted by Gasteiger charge is 2.17. The number of hydrogen-bond donors (Lipinski definition) is 1. The van der Waals surface area contributed by atoms with Crippen molar-refractivity contribution in [3.63, 3.8) is 0 Å². The van der Waals surface area contributed by atoms with E-state index in [1.54, 1.807) is 18.2 Å². The number of rotatable bonds is 7. The summed E-state index contributed by atoms with van der Waals surface area (Å²) in [5.41, 5.74) is 0.580. The lowest BCUT2D eigenvalue weighted by Gasteiger charge is -2.20. The summed E-state index contributed by atoms with van der Waals surface area (Å²) < 4.78 is 10.9. The smallest absolute Gasteiger partial charge is 0.161 e. The van der Waals surface area contributed by atoms with Gasteiger partial charge in [0.2, 0.25) is 0 Å². The van der Waals surface area contributed by atoms with E-state index in [1.807, 2.05) is 0 Å². The fraction of sp³-hybridized carbons (Fsp3) is 0.562. The van der Waals surface area contributed by atoms with Crippen LogP contribution < -0.4 is 9.47 Å². The maximum Gasteiger partial charge on any atom is 0.161 e. The molecule has 0 unspecified atom stereocenters. The van der Waals surface area contributed by atoms with Gasteiger partial charge < -0.3 is 19.5 Å². The Balaban J connectivity index is 1.90. The van der Waals surface area contributed by atoms with Crippen LogP contribution in [0.4, 0.5) is 0 Å². The van der Waals surface area contributed by atoms with Crippen molar-refractivity contribution < 1.29 is 19.4 Å². The Morgan fingerprint density at radius 1 is 1.33 bits per heavy atom. The van der Waals surface area contributed by atoms with E-state index in [-0.39, 0.29) is 12.4 Å². The van der Waals surface area contributed by atoms with E-state index in [4.69, 9.17) is 9.47 Å². The molecule has 5 heteroatoms. The topological polar surface area (TPSA) is 59.0 Å². The second-order valence-electron chi connectivity index (χ2n) is 5.39. The van der Waals surface area contributed by atoms with Gasteiger partial charge in [0.05, 0.1) is 7.11 Å². The first kappa shape index (κ1) is 15.8. The number of Topliss-reactive ketones (excluding diaryl/α,β-unsaturated/α-hetero) is 1. The molecule has 0 amide bonds. The van der Waals surface area contributed by atoms with E-state index >= 15 is 0 Å². The molecule has 0 saturated carbocycles. The first-order chi connectivity index (χ1) is 10.1. The molecule has 1 heterocycles. The number of methoxy groups -OCH3 is 1. The minimum absolute atomic E-state index is 0.0195. The fourth-order valence-corrected chi connectivity index (χ4v) is 2.51. The third-order valence-corrected chi connectivity index (χ3v) is 3.67. The number of carbonyl (C=O) groups excluding carboxylic acids is 1. The van der Waals surface area contributed by atoms with E-state index in [0.717, 1.165) is 13.1 Å². The average molecular weight is 293 g/mol. The molecule has 1 N–H and O–H groups in total. The van der Waals surface area contributed by atoms with Gasteiger partial charge in [0, 0.05) is 12.1 Å². The third-order valence-electron chi connectivity index (χ3n) is 3.67. The molecule has 0 spiro atoms. The molecule has 1 saturated heterocycles. The molecular weight excluding hydrogens is 270 g/mol. The second-order valence-corrected chi connectivity index (χ2v) is 5.39. The number of β-amino-alcohol motifs (C(OH)–C–C–N with tert-alkyl or cyclic N) is 1. The van der Waals surface area contributed by atoms with Crippen molar-refractivity contribution in [2.45, 2.75) is 25.9 Å². The zero-order valence-electron chi connectivity index (χ0n) is 12.7. The molecule has 1 aliphatic heterocycles. The highest BCUT2D eigenvalue weighted by atomic mass is 16.5. The molecule has 0 radical (unpaired) electrons. The first-order valence-electron chi connectivity index (χ1n) is 7.32. The van der Waals surface area contributed by atoms with Crippen LogP contribution in [0.2, 0.25) is 0 Å². The quantitative estimate of drug-likeness (QED) is 0.776. The Hall–Kier alpha value is -1.59. The summed E-state index contributed by atoms with van der Waals surface area (Å²) in [6.45, 7) is 4.45. The largest absolute Gasteiger partial charge is 0.493 e. The molecule has 1 aromatic carbocycles. The van der Waals surface area contributed by atoms with Crippen molar-refractivity contribution in [2.75, 3.05) is 33.4 Å². The van der Waals surface area contributed by atoms with Gasteiger partial charge in [0.25, 0.3) is 0 Å². The van der Waals surface area contributed by atoms with Crippen molar-refractivity contribution in [1.29, 1.82) is 0 Å². The Morgan fingerprint density at radius 2 is 2.05 bits per heavy atom. The molecule has 1 aromatic rings. The van der Waals surface area contributed by atoms with Crippen LogP contribution in [-0.2, 0) is 0 Å². The molecule has 1 atom stereocenters. The minimum Gasteiger partial charge on any atom is -0.493 e. The van der Waals surface area contributed by atoms with E-state index < -0.39 is 6.10 Å². The summed E-state index contributed by atoms with van der Waals surface area (Å²) in [7, 11) is 1.53. The number of ether oxygens (including phenoxy) is 2. The molecule has 1 fully saturated rings. The number of hydrogen-bond acceptors (Lipinski definition) is 5. The van der Waals surface area contributed by atoms with Crippen LogP contribution in [0.3, 0.4) is 0 Å². The van der Waals surface area contributed by atoms with Crippen molar-refractivity contribution in [1.82, 2.24) is 4.90 Å². The summed E-state index contributed by atoms with van der Waals surface area (Å²) >= 11 is 0. The summed E-state index contributed by atoms with van der Waals surface area (Å²) in [6, 6.07) is 5.07. The number of carbonyl (C=O) groups is 1. The van der Waals surface area contributed by atoms with Gasteiger partial charge in [-0.15, -0.1) is 0 Å². The molecule has 2 rings (SSSR count). The van der Waals surface area contributed by atoms with E-state index in [1.165, 1.54) is 26.9 Å². The third kappa shape index (κ3) is 4.44. The van der Waals surface area contributed by atoms with Crippen molar-refractivity contribution in [2.24, 2.45) is 0 Å². The van der Waals surface area contributed by atoms with Gasteiger partial charge in [-0.2, -0.15) is 0 Å². The van der Waals surface area contributed by atoms with Crippen molar-refractivity contribution in [3.8, 4) is 11.5 Å². The lowest BCUT2D eigenvalue weighted by molar-refractivity contribution is 0.0746. The van der Waals surface area contributed by atoms with Gasteiger partial charge in [-0.05, 0) is 51.1 Å². The SMILES string of the molecule is COc1cc(C(C)=O)ccc1OC[C@@H](O)CN1CCCC1. The van der Waals surface area contributed by atoms with Gasteiger partial charge in [-0.3, -0.25) is 4.79 Å². The highest BCUT2D eigenvalue weighted by molar-refractivity contribution is 5.94. The van der Waals surface area contributed by atoms with Crippen molar-refractivity contribution >= 4 is 5.78 Å². The summed E-state index contributed by atoms with van der Waals surface area (Å²) in [5, 5.41) is 10.0. The van der Waals surface area contributed by atoms with Crippen LogP contribution in [0.25, 0.3) is 0 Å². The molecule has 5 nitrogen and oxygen atoms in total. The first-order valence-corrected chi connectivity index (χ1v) is 7.32. The van der Waals surface area contributed by atoms with Crippen LogP contribution in [0, 0.1) is 0 Å². The Kier molecular flexibility index (Phi) is 5.59. The lowest BCUT2D eigenvalue weighted by atomic mass is 10.1. The zero-order chi connectivity index (χ0) is 15.2. The number of benzene rings is 1. The van der Waals surface area contributed by atoms with Crippen LogP contribution >= 0.6 is 0 Å². The maximum absolute atomic E-state index is 11.3. The van der Waals surface area contributed by atoms with Crippen LogP contribution in [0.15, 0.2) is 18.2 Å². The summed E-state index contributed by atoms with van der Waals surface area (Å²) in [5.74, 6) is 1.04. The number of aliphatic hydroxyl groups excluding tert-OH is 1. The summed E-state index contributed by atoms with van der Waals surface area (Å²) in [4.78, 5) is 13.6. The Morgan fingerprint density at radius 3 is 2.67 bits per heavy atom. The second kappa shape index (κ2) is 7.43. The number of nitrogens with zero attached hydrogens (tertiary/aromatic N) is 1. The molecule has 0 aliphatic carbocycles. The van der Waals surface area contributed by atoms with Crippen LogP contribution in [-0.4, -0.2) is 55.2 Å². The van der Waals surface area contributed by atoms with Gasteiger partial charge in [-0.1, -0.05) is 0 Å². The van der Waals surface area contributed by atoms with Crippen LogP contribution in [0.1, 0.15) is 30.1 Å². The average Bonchev–Trinajstić information content (AvgIpc) is 2.97. The zero-order valence-corrected chi connectivity index (χ0v) is 12.7. The van der Waals surface area contributed by atoms with Crippen LogP contribution in [0.5, 0.6) is 11.5 Å². The monoisotopic (exact) mass is 293 g/mol. The molecule has 1 aliphatic rings. The number of aliphatic hydroxyl groups is 1. The predicted octanol–water partition coefficient (Wildman–Crippen LogP) is 1.73. The van der Waals surface area contributed by atoms with E-state index in [2.05, 4.69) is 4.90 Å². The lowest BCUT2D eigenvalue weighted by Crippen LogP contribution is -2.33. The van der Waals surface area contributed by atoms with Gasteiger partial charge in [0.15, 0.2) is 17.3 Å². The number of ketones is 1. The molecule has 21 heavy (non-hydrogen) atoms. The summed E-state index contributed by atoms with van der Waals surface area (Å²) in [6.07, 6.45) is 1.88. The molecule has 0 aromatic heterocycles. The molecule has 116 valence electrons. The highest BCUT2D eigenvalue weighted by Crippen LogP contribution is 2.28. The molecular formula is C16H23NO4. The fourth-order valence-electron chi connectivity index (χ4n) is 2.51. The van der Waals surface area contributed by atoms with Gasteiger partial charge in [-0.25, -0.2) is 0 Å². The standard InChI is InChI=1S/C16H23NO4/c1-12(18)13-5-6-15(16(9-13)20-2)21-11-14(19)10-17-7-3-4-8-17/h5-6,9,14,19H,3-4,7-8,10-11H2,1-2H3/t14-/m0/s1. The predicted molar refractivity (Wildman–Crippen MR) is 80.2 cm³/mol. The van der Waals surface area contributed by atoms with Crippen molar-refractivity contribution in [3.05, 3.63) is 23.8 Å². The van der Waals surface area contributed by atoms with Gasteiger partial charge in [0.1, 0.15) is 12.7 Å².